The third-order valence-corrected chi connectivity index (χ3v) is 6.79. The van der Waals surface area contributed by atoms with Crippen LogP contribution in [0.3, 0.4) is 0 Å². The summed E-state index contributed by atoms with van der Waals surface area (Å²) < 4.78 is 43.2. The Morgan fingerprint density at radius 2 is 1.78 bits per heavy atom. The van der Waals surface area contributed by atoms with E-state index in [9.17, 15) is 13.2 Å². The van der Waals surface area contributed by atoms with Crippen molar-refractivity contribution >= 4 is 24.3 Å². The minimum absolute atomic E-state index is 0.0323. The number of ether oxygens (including phenoxy) is 2. The molecule has 0 spiro atoms. The summed E-state index contributed by atoms with van der Waals surface area (Å²) in [5.41, 5.74) is 2.38. The highest BCUT2D eigenvalue weighted by atomic mass is 32.2. The van der Waals surface area contributed by atoms with Crippen molar-refractivity contribution in [2.24, 2.45) is 0 Å². The summed E-state index contributed by atoms with van der Waals surface area (Å²) in [5, 5.41) is 0. The number of hydrogen-bond acceptors (Lipinski definition) is 6. The molecule has 2 rings (SSSR count). The van der Waals surface area contributed by atoms with E-state index in [4.69, 9.17) is 13.7 Å². The second kappa shape index (κ2) is 9.18. The van der Waals surface area contributed by atoms with Gasteiger partial charge in [0.05, 0.1) is 11.5 Å². The van der Waals surface area contributed by atoms with Crippen LogP contribution in [0, 0.1) is 18.4 Å². The maximum absolute atomic E-state index is 13.0. The fraction of sp³-hybridized carbons (Fsp3) is 0.609. The van der Waals surface area contributed by atoms with Gasteiger partial charge in [0.25, 0.3) is 10.1 Å². The van der Waals surface area contributed by atoms with Crippen LogP contribution in [0.4, 0.5) is 4.79 Å². The Kier molecular flexibility index (Phi) is 7.57. The van der Waals surface area contributed by atoms with E-state index in [-0.39, 0.29) is 11.5 Å². The molecule has 1 aliphatic rings. The topological polar surface area (TPSA) is 82.1 Å². The molecular weight excluding hydrogens is 446 g/mol. The molecule has 0 aromatic heterocycles. The van der Waals surface area contributed by atoms with Gasteiger partial charge in [-0.3, -0.25) is 4.90 Å². The first kappa shape index (κ1) is 26.4. The molecular formula is C23H35NO6SSi. The lowest BCUT2D eigenvalue weighted by Crippen LogP contribution is -2.53. The molecule has 1 aliphatic heterocycles. The molecule has 0 unspecified atom stereocenters. The van der Waals surface area contributed by atoms with E-state index in [0.717, 1.165) is 5.56 Å². The molecule has 0 bridgehead atoms. The molecule has 32 heavy (non-hydrogen) atoms. The minimum atomic E-state index is -4.12. The predicted octanol–water partition coefficient (Wildman–Crippen LogP) is 4.32. The van der Waals surface area contributed by atoms with Gasteiger partial charge in [-0.05, 0) is 53.7 Å². The molecule has 7 nitrogen and oxygen atoms in total. The number of rotatable bonds is 4. The first-order valence-corrected chi connectivity index (χ1v) is 15.5. The van der Waals surface area contributed by atoms with Crippen molar-refractivity contribution in [1.29, 1.82) is 0 Å². The lowest BCUT2D eigenvalue weighted by molar-refractivity contribution is -0.0651. The fourth-order valence-electron chi connectivity index (χ4n) is 3.09. The van der Waals surface area contributed by atoms with Crippen LogP contribution in [0.2, 0.25) is 19.6 Å². The summed E-state index contributed by atoms with van der Waals surface area (Å²) in [6, 6.07) is 5.63. The quantitative estimate of drug-likeness (QED) is 0.362. The number of benzene rings is 1. The Morgan fingerprint density at radius 1 is 1.22 bits per heavy atom. The molecule has 1 amide bonds. The normalized spacial score (nSPS) is 19.8. The lowest BCUT2D eigenvalue weighted by Gasteiger charge is -2.36. The maximum atomic E-state index is 13.0. The minimum Gasteiger partial charge on any atom is -0.444 e. The average Bonchev–Trinajstić information content (AvgIpc) is 2.92. The van der Waals surface area contributed by atoms with Crippen molar-refractivity contribution in [2.45, 2.75) is 89.6 Å². The van der Waals surface area contributed by atoms with Crippen LogP contribution in [0.5, 0.6) is 0 Å². The first-order valence-electron chi connectivity index (χ1n) is 10.6. The molecule has 0 saturated carbocycles. The van der Waals surface area contributed by atoms with E-state index >= 15 is 0 Å². The first-order chi connectivity index (χ1) is 14.4. The standard InChI is InChI=1S/C23H35NO6SSi/c1-17-10-12-18(13-11-17)31(26,27)30-20(14-15-32(7,8)9)19-16-28-23(5,6)24(19)21(25)29-22(2,3)4/h10-13,19-20H,16H2,1-9H3/t19-,20+/m1/s1. The average molecular weight is 482 g/mol. The van der Waals surface area contributed by atoms with Crippen LogP contribution in [-0.4, -0.2) is 57.6 Å². The van der Waals surface area contributed by atoms with Gasteiger partial charge in [0, 0.05) is 0 Å². The van der Waals surface area contributed by atoms with Gasteiger partial charge < -0.3 is 9.47 Å². The Bertz CT molecular complexity index is 994. The van der Waals surface area contributed by atoms with Crippen LogP contribution in [0.1, 0.15) is 40.2 Å². The zero-order valence-electron chi connectivity index (χ0n) is 20.5. The van der Waals surface area contributed by atoms with Gasteiger partial charge in [0.1, 0.15) is 25.4 Å². The van der Waals surface area contributed by atoms with Gasteiger partial charge in [0.15, 0.2) is 6.10 Å². The highest BCUT2D eigenvalue weighted by Crippen LogP contribution is 2.32. The summed E-state index contributed by atoms with van der Waals surface area (Å²) in [7, 11) is -5.99. The van der Waals surface area contributed by atoms with E-state index < -0.39 is 47.8 Å². The van der Waals surface area contributed by atoms with E-state index in [0.29, 0.717) is 0 Å². The highest BCUT2D eigenvalue weighted by molar-refractivity contribution is 7.86. The summed E-state index contributed by atoms with van der Waals surface area (Å²) in [6.45, 7) is 16.9. The number of hydrogen-bond donors (Lipinski definition) is 0. The smallest absolute Gasteiger partial charge is 0.413 e. The molecule has 1 aromatic carbocycles. The molecule has 0 aliphatic carbocycles. The molecule has 178 valence electrons. The van der Waals surface area contributed by atoms with E-state index in [2.05, 4.69) is 11.5 Å². The fourth-order valence-corrected chi connectivity index (χ4v) is 4.70. The van der Waals surface area contributed by atoms with Gasteiger partial charge in [-0.25, -0.2) is 8.98 Å². The van der Waals surface area contributed by atoms with Gasteiger partial charge >= 0.3 is 6.09 Å². The zero-order valence-corrected chi connectivity index (χ0v) is 22.3. The maximum Gasteiger partial charge on any atom is 0.413 e. The van der Waals surface area contributed by atoms with E-state index in [1.165, 1.54) is 17.0 Å². The molecule has 1 saturated heterocycles. The van der Waals surface area contributed by atoms with Crippen LogP contribution < -0.4 is 0 Å². The van der Waals surface area contributed by atoms with Crippen LogP contribution in [0.25, 0.3) is 0 Å². The van der Waals surface area contributed by atoms with Gasteiger partial charge in [-0.2, -0.15) is 8.42 Å². The molecule has 1 fully saturated rings. The third-order valence-electron chi connectivity index (χ3n) is 4.59. The second-order valence-corrected chi connectivity index (χ2v) is 16.8. The Balaban J connectivity index is 2.47. The predicted molar refractivity (Wildman–Crippen MR) is 126 cm³/mol. The van der Waals surface area contributed by atoms with Crippen molar-refractivity contribution in [3.63, 3.8) is 0 Å². The summed E-state index contributed by atoms with van der Waals surface area (Å²) in [4.78, 5) is 14.5. The van der Waals surface area contributed by atoms with E-state index in [1.54, 1.807) is 46.8 Å². The van der Waals surface area contributed by atoms with Crippen LogP contribution in [-0.2, 0) is 23.8 Å². The molecule has 1 heterocycles. The SMILES string of the molecule is Cc1ccc(S(=O)(=O)O[C@@H](C#C[Si](C)(C)C)[C@H]2COC(C)(C)N2C(=O)OC(C)(C)C)cc1. The molecule has 9 heteroatoms. The number of carbonyl (C=O) groups is 1. The van der Waals surface area contributed by atoms with Crippen molar-refractivity contribution in [3.05, 3.63) is 29.8 Å². The third kappa shape index (κ3) is 7.07. The summed E-state index contributed by atoms with van der Waals surface area (Å²) in [5.74, 6) is 3.01. The molecule has 0 N–H and O–H groups in total. The monoisotopic (exact) mass is 481 g/mol. The van der Waals surface area contributed by atoms with Gasteiger partial charge in [-0.1, -0.05) is 43.3 Å². The van der Waals surface area contributed by atoms with Gasteiger partial charge in [-0.15, -0.1) is 5.54 Å². The van der Waals surface area contributed by atoms with Crippen molar-refractivity contribution in [1.82, 2.24) is 4.90 Å². The van der Waals surface area contributed by atoms with Crippen LogP contribution >= 0.6 is 0 Å². The van der Waals surface area contributed by atoms with Crippen LogP contribution in [0.15, 0.2) is 29.2 Å². The summed E-state index contributed by atoms with van der Waals surface area (Å²) in [6.07, 6.45) is -1.72. The van der Waals surface area contributed by atoms with Gasteiger partial charge in [0.2, 0.25) is 0 Å². The largest absolute Gasteiger partial charge is 0.444 e. The lowest BCUT2D eigenvalue weighted by atomic mass is 10.1. The van der Waals surface area contributed by atoms with E-state index in [1.807, 2.05) is 26.6 Å². The number of amides is 1. The number of carbonyl (C=O) groups excluding carboxylic acids is 1. The second-order valence-electron chi connectivity index (χ2n) is 10.5. The van der Waals surface area contributed by atoms with Crippen molar-refractivity contribution < 1.29 is 26.9 Å². The molecule has 1 aromatic rings. The zero-order chi connectivity index (χ0) is 24.5. The Labute approximate surface area is 193 Å². The Morgan fingerprint density at radius 3 is 2.28 bits per heavy atom. The molecule has 0 radical (unpaired) electrons. The Hall–Kier alpha value is -1.86. The highest BCUT2D eigenvalue weighted by Gasteiger charge is 2.50. The van der Waals surface area contributed by atoms with Crippen molar-refractivity contribution in [3.8, 4) is 11.5 Å². The molecule has 2 atom stereocenters. The number of nitrogens with zero attached hydrogens (tertiary/aromatic N) is 1. The van der Waals surface area contributed by atoms with Crippen molar-refractivity contribution in [2.75, 3.05) is 6.61 Å². The summed E-state index contributed by atoms with van der Waals surface area (Å²) >= 11 is 0. The number of aryl methyl sites for hydroxylation is 1.